The number of ether oxygens (including phenoxy) is 1. The second-order valence-electron chi connectivity index (χ2n) is 5.84. The van der Waals surface area contributed by atoms with Crippen LogP contribution in [-0.4, -0.2) is 23.5 Å². The molecule has 0 saturated carbocycles. The summed E-state index contributed by atoms with van der Waals surface area (Å²) in [4.78, 5) is 27.7. The van der Waals surface area contributed by atoms with E-state index in [0.29, 0.717) is 17.0 Å². The van der Waals surface area contributed by atoms with Crippen LogP contribution in [0.4, 0.5) is 8.78 Å². The lowest BCUT2D eigenvalue weighted by Gasteiger charge is -2.15. The van der Waals surface area contributed by atoms with E-state index >= 15 is 0 Å². The number of carbonyl (C=O) groups excluding carboxylic acids is 1. The third-order valence-electron chi connectivity index (χ3n) is 3.79. The maximum absolute atomic E-state index is 13.5. The maximum Gasteiger partial charge on any atom is 0.257 e. The molecule has 1 aromatic heterocycles. The summed E-state index contributed by atoms with van der Waals surface area (Å²) in [5, 5.41) is 3.04. The minimum atomic E-state index is -0.825. The Balaban J connectivity index is 1.68. The number of aromatic nitrogens is 1. The summed E-state index contributed by atoms with van der Waals surface area (Å²) in [5.74, 6) is -2.20. The molecular weight excluding hydrogens is 342 g/mol. The first kappa shape index (κ1) is 17.6. The normalized spacial score (nSPS) is 12.0. The Labute approximate surface area is 147 Å². The van der Waals surface area contributed by atoms with Gasteiger partial charge in [-0.15, -0.1) is 0 Å². The molecule has 26 heavy (non-hydrogen) atoms. The first-order valence-electron chi connectivity index (χ1n) is 7.95. The van der Waals surface area contributed by atoms with Gasteiger partial charge in [0.25, 0.3) is 5.91 Å². The molecule has 5 nitrogen and oxygen atoms in total. The maximum atomic E-state index is 13.5. The SMILES string of the molecule is CC(COc1ccc(F)cc1F)NC(=O)c1c[nH]c2ccccc2c1=O. The minimum absolute atomic E-state index is 0.0245. The van der Waals surface area contributed by atoms with E-state index < -0.39 is 23.6 Å². The molecule has 3 aromatic rings. The van der Waals surface area contributed by atoms with E-state index in [1.54, 1.807) is 31.2 Å². The number of benzene rings is 2. The van der Waals surface area contributed by atoms with Crippen molar-refractivity contribution in [3.05, 3.63) is 76.1 Å². The van der Waals surface area contributed by atoms with E-state index in [1.807, 2.05) is 0 Å². The number of nitrogens with one attached hydrogen (secondary N) is 2. The molecule has 134 valence electrons. The summed E-state index contributed by atoms with van der Waals surface area (Å²) >= 11 is 0. The van der Waals surface area contributed by atoms with Gasteiger partial charge in [-0.05, 0) is 31.2 Å². The fraction of sp³-hybridized carbons (Fsp3) is 0.158. The van der Waals surface area contributed by atoms with E-state index in [2.05, 4.69) is 10.3 Å². The molecule has 1 atom stereocenters. The highest BCUT2D eigenvalue weighted by Crippen LogP contribution is 2.17. The molecule has 1 amide bonds. The number of aromatic amines is 1. The van der Waals surface area contributed by atoms with Gasteiger partial charge in [0.2, 0.25) is 5.43 Å². The van der Waals surface area contributed by atoms with Crippen LogP contribution in [0, 0.1) is 11.6 Å². The van der Waals surface area contributed by atoms with E-state index in [9.17, 15) is 18.4 Å². The highest BCUT2D eigenvalue weighted by Gasteiger charge is 2.16. The van der Waals surface area contributed by atoms with Crippen molar-refractivity contribution in [3.63, 3.8) is 0 Å². The standard InChI is InChI=1S/C19H16F2N2O3/c1-11(10-26-17-7-6-12(20)8-15(17)21)23-19(25)14-9-22-16-5-3-2-4-13(16)18(14)24/h2-9,11H,10H2,1H3,(H,22,24)(H,23,25). The predicted molar refractivity (Wildman–Crippen MR) is 93.3 cm³/mol. The Hall–Kier alpha value is -3.22. The molecule has 0 bridgehead atoms. The third-order valence-corrected chi connectivity index (χ3v) is 3.79. The zero-order valence-electron chi connectivity index (χ0n) is 13.9. The summed E-state index contributed by atoms with van der Waals surface area (Å²) < 4.78 is 31.7. The van der Waals surface area contributed by atoms with Gasteiger partial charge < -0.3 is 15.0 Å². The van der Waals surface area contributed by atoms with Gasteiger partial charge in [-0.25, -0.2) is 8.78 Å². The number of pyridine rings is 1. The topological polar surface area (TPSA) is 71.2 Å². The van der Waals surface area contributed by atoms with E-state index in [4.69, 9.17) is 4.74 Å². The van der Waals surface area contributed by atoms with Crippen LogP contribution in [0.2, 0.25) is 0 Å². The van der Waals surface area contributed by atoms with Crippen LogP contribution >= 0.6 is 0 Å². The zero-order chi connectivity index (χ0) is 18.7. The van der Waals surface area contributed by atoms with Crippen molar-refractivity contribution in [2.24, 2.45) is 0 Å². The van der Waals surface area contributed by atoms with Gasteiger partial charge in [0.15, 0.2) is 11.6 Å². The van der Waals surface area contributed by atoms with Crippen LogP contribution in [-0.2, 0) is 0 Å². The smallest absolute Gasteiger partial charge is 0.257 e. The Kier molecular flexibility index (Phi) is 4.97. The van der Waals surface area contributed by atoms with Crippen molar-refractivity contribution in [1.82, 2.24) is 10.3 Å². The van der Waals surface area contributed by atoms with Crippen LogP contribution in [0.1, 0.15) is 17.3 Å². The Morgan fingerprint density at radius 3 is 2.77 bits per heavy atom. The van der Waals surface area contributed by atoms with E-state index in [0.717, 1.165) is 6.07 Å². The fourth-order valence-corrected chi connectivity index (χ4v) is 2.49. The van der Waals surface area contributed by atoms with Gasteiger partial charge >= 0.3 is 0 Å². The summed E-state index contributed by atoms with van der Waals surface area (Å²) in [6.07, 6.45) is 1.35. The van der Waals surface area contributed by atoms with Gasteiger partial charge in [0.1, 0.15) is 18.0 Å². The first-order chi connectivity index (χ1) is 12.5. The lowest BCUT2D eigenvalue weighted by molar-refractivity contribution is 0.0925. The minimum Gasteiger partial charge on any atom is -0.488 e. The third kappa shape index (κ3) is 3.72. The van der Waals surface area contributed by atoms with Crippen LogP contribution < -0.4 is 15.5 Å². The number of rotatable bonds is 5. The van der Waals surface area contributed by atoms with Crippen molar-refractivity contribution in [1.29, 1.82) is 0 Å². The highest BCUT2D eigenvalue weighted by atomic mass is 19.1. The quantitative estimate of drug-likeness (QED) is 0.737. The fourth-order valence-electron chi connectivity index (χ4n) is 2.49. The Bertz CT molecular complexity index is 1020. The van der Waals surface area contributed by atoms with Gasteiger partial charge in [-0.1, -0.05) is 12.1 Å². The first-order valence-corrected chi connectivity index (χ1v) is 7.95. The van der Waals surface area contributed by atoms with Crippen LogP contribution in [0.25, 0.3) is 10.9 Å². The highest BCUT2D eigenvalue weighted by molar-refractivity contribution is 5.97. The van der Waals surface area contributed by atoms with E-state index in [1.165, 1.54) is 12.3 Å². The van der Waals surface area contributed by atoms with Gasteiger partial charge in [-0.2, -0.15) is 0 Å². The van der Waals surface area contributed by atoms with Crippen LogP contribution in [0.15, 0.2) is 53.5 Å². The molecule has 2 N–H and O–H groups in total. The lowest BCUT2D eigenvalue weighted by Crippen LogP contribution is -2.39. The number of para-hydroxylation sites is 1. The molecule has 0 spiro atoms. The number of H-pyrrole nitrogens is 1. The predicted octanol–water partition coefficient (Wildman–Crippen LogP) is 3.00. The van der Waals surface area contributed by atoms with Crippen LogP contribution in [0.3, 0.4) is 0 Å². The molecule has 0 radical (unpaired) electrons. The molecule has 2 aromatic carbocycles. The Morgan fingerprint density at radius 1 is 1.23 bits per heavy atom. The number of hydrogen-bond acceptors (Lipinski definition) is 3. The van der Waals surface area contributed by atoms with Crippen molar-refractivity contribution in [3.8, 4) is 5.75 Å². The molecule has 0 aliphatic carbocycles. The van der Waals surface area contributed by atoms with Crippen molar-refractivity contribution < 1.29 is 18.3 Å². The average molecular weight is 358 g/mol. The van der Waals surface area contributed by atoms with Crippen LogP contribution in [0.5, 0.6) is 5.75 Å². The number of halogens is 2. The average Bonchev–Trinajstić information content (AvgIpc) is 2.61. The summed E-state index contributed by atoms with van der Waals surface area (Å²) in [6, 6.07) is 9.34. The number of fused-ring (bicyclic) bond motifs is 1. The molecule has 3 rings (SSSR count). The lowest BCUT2D eigenvalue weighted by atomic mass is 10.1. The second-order valence-corrected chi connectivity index (χ2v) is 5.84. The Morgan fingerprint density at radius 2 is 2.00 bits per heavy atom. The molecule has 7 heteroatoms. The zero-order valence-corrected chi connectivity index (χ0v) is 13.9. The summed E-state index contributed by atoms with van der Waals surface area (Å²) in [5.41, 5.74) is 0.232. The summed E-state index contributed by atoms with van der Waals surface area (Å²) in [7, 11) is 0. The van der Waals surface area contributed by atoms with Gasteiger partial charge in [-0.3, -0.25) is 9.59 Å². The van der Waals surface area contributed by atoms with E-state index in [-0.39, 0.29) is 23.3 Å². The van der Waals surface area contributed by atoms with Crippen molar-refractivity contribution in [2.75, 3.05) is 6.61 Å². The molecule has 1 unspecified atom stereocenters. The van der Waals surface area contributed by atoms with Crippen molar-refractivity contribution in [2.45, 2.75) is 13.0 Å². The molecule has 0 aliphatic rings. The largest absolute Gasteiger partial charge is 0.488 e. The number of amides is 1. The van der Waals surface area contributed by atoms with Gasteiger partial charge in [0.05, 0.1) is 6.04 Å². The molecular formula is C19H16F2N2O3. The number of carbonyl (C=O) groups is 1. The van der Waals surface area contributed by atoms with Crippen molar-refractivity contribution >= 4 is 16.8 Å². The molecule has 0 saturated heterocycles. The molecule has 0 aliphatic heterocycles. The monoisotopic (exact) mass is 358 g/mol. The van der Waals surface area contributed by atoms with Gasteiger partial charge in [0, 0.05) is 23.2 Å². The molecule has 1 heterocycles. The second kappa shape index (κ2) is 7.35. The summed E-state index contributed by atoms with van der Waals surface area (Å²) in [6.45, 7) is 1.61. The molecule has 0 fully saturated rings. The number of hydrogen-bond donors (Lipinski definition) is 2.